The molecule has 0 heterocycles. The summed E-state index contributed by atoms with van der Waals surface area (Å²) in [6.45, 7) is 0. The molecule has 1 nitrogen and oxygen atoms in total. The number of fused-ring (bicyclic) bond motifs is 1. The van der Waals surface area contributed by atoms with Gasteiger partial charge in [-0.15, -0.1) is 0 Å². The Kier molecular flexibility index (Phi) is 2.51. The van der Waals surface area contributed by atoms with Crippen molar-refractivity contribution in [1.29, 1.82) is 0 Å². The first-order chi connectivity index (χ1) is 7.83. The van der Waals surface area contributed by atoms with Crippen LogP contribution in [0.25, 0.3) is 0 Å². The molecule has 0 radical (unpaired) electrons. The normalized spacial score (nSPS) is 21.6. The number of rotatable bonds is 3. The number of benzene rings is 1. The summed E-state index contributed by atoms with van der Waals surface area (Å²) in [7, 11) is 2.11. The molecule has 0 bridgehead atoms. The first-order valence-corrected chi connectivity index (χ1v) is 6.62. The summed E-state index contributed by atoms with van der Waals surface area (Å²) in [6.07, 6.45) is 9.33. The van der Waals surface area contributed by atoms with Crippen LogP contribution in [0.1, 0.15) is 42.4 Å². The van der Waals surface area contributed by atoms with Gasteiger partial charge in [0, 0.05) is 5.54 Å². The zero-order valence-electron chi connectivity index (χ0n) is 10.2. The second-order valence-corrected chi connectivity index (χ2v) is 5.47. The summed E-state index contributed by atoms with van der Waals surface area (Å²) in [4.78, 5) is 0. The van der Waals surface area contributed by atoms with E-state index in [0.29, 0.717) is 5.54 Å². The molecule has 0 aliphatic heterocycles. The van der Waals surface area contributed by atoms with Crippen LogP contribution in [0.15, 0.2) is 18.2 Å². The van der Waals surface area contributed by atoms with Crippen molar-refractivity contribution in [2.45, 2.75) is 50.5 Å². The van der Waals surface area contributed by atoms with Gasteiger partial charge in [0.25, 0.3) is 0 Å². The minimum atomic E-state index is 0.451. The maximum absolute atomic E-state index is 3.51. The van der Waals surface area contributed by atoms with Gasteiger partial charge in [0.15, 0.2) is 0 Å². The van der Waals surface area contributed by atoms with Crippen molar-refractivity contribution in [3.8, 4) is 0 Å². The fourth-order valence-corrected chi connectivity index (χ4v) is 3.06. The molecule has 1 N–H and O–H groups in total. The van der Waals surface area contributed by atoms with Gasteiger partial charge in [0.2, 0.25) is 0 Å². The van der Waals surface area contributed by atoms with Gasteiger partial charge in [0.1, 0.15) is 0 Å². The molecule has 1 fully saturated rings. The Morgan fingerprint density at radius 2 is 2.00 bits per heavy atom. The SMILES string of the molecule is CNC1(Cc2cccc3c2CCCC3)CC1. The fourth-order valence-electron chi connectivity index (χ4n) is 3.06. The Morgan fingerprint density at radius 1 is 1.19 bits per heavy atom. The predicted octanol–water partition coefficient (Wildman–Crippen LogP) is 2.86. The maximum Gasteiger partial charge on any atom is 0.0220 e. The largest absolute Gasteiger partial charge is 0.314 e. The van der Waals surface area contributed by atoms with Gasteiger partial charge in [-0.05, 0) is 68.7 Å². The summed E-state index contributed by atoms with van der Waals surface area (Å²) in [5.74, 6) is 0. The molecule has 0 saturated heterocycles. The molecule has 0 spiro atoms. The molecule has 2 aliphatic rings. The van der Waals surface area contributed by atoms with E-state index >= 15 is 0 Å². The smallest absolute Gasteiger partial charge is 0.0220 e. The van der Waals surface area contributed by atoms with Gasteiger partial charge in [-0.1, -0.05) is 18.2 Å². The zero-order valence-corrected chi connectivity index (χ0v) is 10.2. The van der Waals surface area contributed by atoms with E-state index in [1.807, 2.05) is 0 Å². The first-order valence-electron chi connectivity index (χ1n) is 6.62. The second-order valence-electron chi connectivity index (χ2n) is 5.47. The lowest BCUT2D eigenvalue weighted by Crippen LogP contribution is -2.30. The Bertz CT molecular complexity index is 390. The lowest BCUT2D eigenvalue weighted by molar-refractivity contribution is 0.543. The number of aryl methyl sites for hydroxylation is 1. The Balaban J connectivity index is 1.89. The lowest BCUT2D eigenvalue weighted by atomic mass is 9.86. The minimum Gasteiger partial charge on any atom is -0.314 e. The van der Waals surface area contributed by atoms with Crippen molar-refractivity contribution in [3.63, 3.8) is 0 Å². The molecule has 1 saturated carbocycles. The Labute approximate surface area is 98.3 Å². The number of likely N-dealkylation sites (N-methyl/N-ethyl adjacent to an activating group) is 1. The standard InChI is InChI=1S/C15H21N/c1-16-15(9-10-15)11-13-7-4-6-12-5-2-3-8-14(12)13/h4,6-7,16H,2-3,5,8-11H2,1H3. The van der Waals surface area contributed by atoms with Crippen LogP contribution >= 0.6 is 0 Å². The van der Waals surface area contributed by atoms with Crippen molar-refractivity contribution in [2.24, 2.45) is 0 Å². The summed E-state index contributed by atoms with van der Waals surface area (Å²) in [6, 6.07) is 6.93. The molecular weight excluding hydrogens is 194 g/mol. The van der Waals surface area contributed by atoms with E-state index in [1.165, 1.54) is 44.9 Å². The van der Waals surface area contributed by atoms with Crippen molar-refractivity contribution >= 4 is 0 Å². The first kappa shape index (κ1) is 10.3. The topological polar surface area (TPSA) is 12.0 Å². The highest BCUT2D eigenvalue weighted by Crippen LogP contribution is 2.39. The Morgan fingerprint density at radius 3 is 2.75 bits per heavy atom. The molecule has 3 rings (SSSR count). The van der Waals surface area contributed by atoms with Gasteiger partial charge in [0.05, 0.1) is 0 Å². The summed E-state index contributed by atoms with van der Waals surface area (Å²) in [5, 5.41) is 3.51. The number of hydrogen-bond donors (Lipinski definition) is 1. The van der Waals surface area contributed by atoms with E-state index in [2.05, 4.69) is 30.6 Å². The van der Waals surface area contributed by atoms with Crippen LogP contribution in [0.3, 0.4) is 0 Å². The number of hydrogen-bond acceptors (Lipinski definition) is 1. The predicted molar refractivity (Wildman–Crippen MR) is 67.8 cm³/mol. The zero-order chi connectivity index (χ0) is 11.0. The molecule has 0 aromatic heterocycles. The molecule has 16 heavy (non-hydrogen) atoms. The number of nitrogens with one attached hydrogen (secondary N) is 1. The van der Waals surface area contributed by atoms with Gasteiger partial charge in [-0.2, -0.15) is 0 Å². The highest BCUT2D eigenvalue weighted by atomic mass is 15.0. The van der Waals surface area contributed by atoms with Gasteiger partial charge in [-0.25, -0.2) is 0 Å². The second kappa shape index (κ2) is 3.89. The van der Waals surface area contributed by atoms with Crippen molar-refractivity contribution in [1.82, 2.24) is 5.32 Å². The summed E-state index contributed by atoms with van der Waals surface area (Å²) < 4.78 is 0. The third-order valence-corrected chi connectivity index (χ3v) is 4.41. The molecule has 1 aromatic rings. The van der Waals surface area contributed by atoms with Crippen LogP contribution in [0.4, 0.5) is 0 Å². The van der Waals surface area contributed by atoms with Gasteiger partial charge in [-0.3, -0.25) is 0 Å². The van der Waals surface area contributed by atoms with Crippen molar-refractivity contribution in [2.75, 3.05) is 7.05 Å². The van der Waals surface area contributed by atoms with E-state index < -0.39 is 0 Å². The molecule has 1 aromatic carbocycles. The van der Waals surface area contributed by atoms with Gasteiger partial charge >= 0.3 is 0 Å². The van der Waals surface area contributed by atoms with Crippen molar-refractivity contribution < 1.29 is 0 Å². The Hall–Kier alpha value is -0.820. The average molecular weight is 215 g/mol. The highest BCUT2D eigenvalue weighted by molar-refractivity contribution is 5.38. The molecule has 0 unspecified atom stereocenters. The molecule has 0 atom stereocenters. The van der Waals surface area contributed by atoms with Gasteiger partial charge < -0.3 is 5.32 Å². The summed E-state index contributed by atoms with van der Waals surface area (Å²) >= 11 is 0. The van der Waals surface area contributed by atoms with Crippen LogP contribution in [0, 0.1) is 0 Å². The molecule has 1 heteroatoms. The minimum absolute atomic E-state index is 0.451. The van der Waals surface area contributed by atoms with E-state index in [0.717, 1.165) is 0 Å². The van der Waals surface area contributed by atoms with Crippen LogP contribution in [-0.2, 0) is 19.3 Å². The van der Waals surface area contributed by atoms with E-state index in [-0.39, 0.29) is 0 Å². The third-order valence-electron chi connectivity index (χ3n) is 4.41. The molecule has 0 amide bonds. The lowest BCUT2D eigenvalue weighted by Gasteiger charge is -2.22. The van der Waals surface area contributed by atoms with Crippen LogP contribution in [-0.4, -0.2) is 12.6 Å². The third kappa shape index (κ3) is 1.78. The maximum atomic E-state index is 3.51. The van der Waals surface area contributed by atoms with E-state index in [1.54, 1.807) is 16.7 Å². The average Bonchev–Trinajstić information content (AvgIpc) is 3.10. The van der Waals surface area contributed by atoms with Crippen LogP contribution in [0.5, 0.6) is 0 Å². The molecule has 86 valence electrons. The highest BCUT2D eigenvalue weighted by Gasteiger charge is 2.41. The van der Waals surface area contributed by atoms with Crippen LogP contribution < -0.4 is 5.32 Å². The fraction of sp³-hybridized carbons (Fsp3) is 0.600. The van der Waals surface area contributed by atoms with E-state index in [4.69, 9.17) is 0 Å². The summed E-state index contributed by atoms with van der Waals surface area (Å²) in [5.41, 5.74) is 5.36. The molecule has 2 aliphatic carbocycles. The van der Waals surface area contributed by atoms with Crippen molar-refractivity contribution in [3.05, 3.63) is 34.9 Å². The van der Waals surface area contributed by atoms with Crippen LogP contribution in [0.2, 0.25) is 0 Å². The quantitative estimate of drug-likeness (QED) is 0.817. The van der Waals surface area contributed by atoms with E-state index in [9.17, 15) is 0 Å². The monoisotopic (exact) mass is 215 g/mol. The molecular formula is C15H21N.